The smallest absolute Gasteiger partial charge is 0.414 e. The maximum absolute atomic E-state index is 12.1. The third-order valence-corrected chi connectivity index (χ3v) is 6.61. The first kappa shape index (κ1) is 20.2. The molecule has 0 bridgehead atoms. The van der Waals surface area contributed by atoms with Crippen molar-refractivity contribution in [1.29, 1.82) is 0 Å². The van der Waals surface area contributed by atoms with Gasteiger partial charge in [-0.2, -0.15) is 0 Å². The topological polar surface area (TPSA) is 121 Å². The first-order chi connectivity index (χ1) is 12.1. The van der Waals surface area contributed by atoms with Crippen molar-refractivity contribution in [2.24, 2.45) is 0 Å². The predicted octanol–water partition coefficient (Wildman–Crippen LogP) is 1.21. The molecular formula is C17H23NO7S. The third kappa shape index (κ3) is 4.16. The molecule has 0 radical (unpaired) electrons. The highest BCUT2D eigenvalue weighted by Gasteiger charge is 2.48. The summed E-state index contributed by atoms with van der Waals surface area (Å²) < 4.78 is 26.9. The van der Waals surface area contributed by atoms with Crippen LogP contribution in [0.3, 0.4) is 0 Å². The van der Waals surface area contributed by atoms with E-state index in [1.54, 1.807) is 12.1 Å². The van der Waals surface area contributed by atoms with E-state index in [0.29, 0.717) is 12.1 Å². The van der Waals surface area contributed by atoms with Crippen LogP contribution >= 0.6 is 0 Å². The van der Waals surface area contributed by atoms with Crippen LogP contribution in [0.4, 0.5) is 10.5 Å². The Morgan fingerprint density at radius 3 is 2.46 bits per heavy atom. The number of carbonyl (C=O) groups excluding carboxylic acids is 1. The first-order valence-corrected chi connectivity index (χ1v) is 10.1. The minimum atomic E-state index is -3.90. The molecule has 1 aliphatic rings. The molecule has 0 saturated carbocycles. The SMILES string of the molecule is CC(CC1CN(c2ccc(CCCO)cc2)C(=O)O1)(C(=O)O)S(C)(=O)=O. The zero-order valence-corrected chi connectivity index (χ0v) is 15.5. The van der Waals surface area contributed by atoms with Crippen LogP contribution in [0.1, 0.15) is 25.3 Å². The third-order valence-electron chi connectivity index (χ3n) is 4.63. The number of benzene rings is 1. The summed E-state index contributed by atoms with van der Waals surface area (Å²) >= 11 is 0. The summed E-state index contributed by atoms with van der Waals surface area (Å²) in [6, 6.07) is 7.15. The van der Waals surface area contributed by atoms with Crippen LogP contribution in [0.5, 0.6) is 0 Å². The van der Waals surface area contributed by atoms with Gasteiger partial charge < -0.3 is 14.9 Å². The van der Waals surface area contributed by atoms with E-state index in [4.69, 9.17) is 9.84 Å². The molecule has 1 fully saturated rings. The maximum Gasteiger partial charge on any atom is 0.414 e. The molecule has 9 heteroatoms. The van der Waals surface area contributed by atoms with Gasteiger partial charge in [0, 0.05) is 25.0 Å². The number of aliphatic hydroxyl groups is 1. The van der Waals surface area contributed by atoms with Crippen LogP contribution in [0.2, 0.25) is 0 Å². The van der Waals surface area contributed by atoms with E-state index in [1.807, 2.05) is 12.1 Å². The summed E-state index contributed by atoms with van der Waals surface area (Å²) in [6.45, 7) is 1.30. The van der Waals surface area contributed by atoms with E-state index in [-0.39, 0.29) is 19.6 Å². The van der Waals surface area contributed by atoms with Gasteiger partial charge in [0.25, 0.3) is 0 Å². The Bertz CT molecular complexity index is 775. The van der Waals surface area contributed by atoms with Gasteiger partial charge >= 0.3 is 12.1 Å². The summed E-state index contributed by atoms with van der Waals surface area (Å²) in [4.78, 5) is 24.9. The number of sulfone groups is 1. The van der Waals surface area contributed by atoms with Gasteiger partial charge in [-0.05, 0) is 37.5 Å². The average molecular weight is 385 g/mol. The number of amides is 1. The lowest BCUT2D eigenvalue weighted by Crippen LogP contribution is -2.46. The standard InChI is InChI=1S/C17H23NO7S/c1-17(15(20)21,26(2,23)24)10-14-11-18(16(22)25-14)13-7-5-12(6-8-13)4-3-9-19/h5-8,14,19H,3-4,9-11H2,1-2H3,(H,20,21). The van der Waals surface area contributed by atoms with Crippen molar-refractivity contribution in [3.8, 4) is 0 Å². The number of aliphatic hydroxyl groups excluding tert-OH is 1. The van der Waals surface area contributed by atoms with Gasteiger partial charge in [-0.15, -0.1) is 0 Å². The second kappa shape index (κ2) is 7.63. The fraction of sp³-hybridized carbons (Fsp3) is 0.529. The second-order valence-corrected chi connectivity index (χ2v) is 9.07. The van der Waals surface area contributed by atoms with E-state index >= 15 is 0 Å². The van der Waals surface area contributed by atoms with E-state index in [9.17, 15) is 23.1 Å². The lowest BCUT2D eigenvalue weighted by Gasteiger charge is -2.24. The van der Waals surface area contributed by atoms with Crippen LogP contribution in [-0.2, 0) is 25.8 Å². The summed E-state index contributed by atoms with van der Waals surface area (Å²) in [5, 5.41) is 18.2. The van der Waals surface area contributed by atoms with Crippen molar-refractivity contribution in [1.82, 2.24) is 0 Å². The Labute approximate surface area is 152 Å². The van der Waals surface area contributed by atoms with Crippen LogP contribution in [-0.4, -0.2) is 61.0 Å². The zero-order valence-electron chi connectivity index (χ0n) is 14.7. The normalized spacial score (nSPS) is 19.9. The van der Waals surface area contributed by atoms with Crippen LogP contribution in [0.15, 0.2) is 24.3 Å². The number of carboxylic acid groups (broad SMARTS) is 1. The lowest BCUT2D eigenvalue weighted by atomic mass is 10.0. The Balaban J connectivity index is 2.12. The summed E-state index contributed by atoms with van der Waals surface area (Å²) in [5.74, 6) is -1.47. The molecule has 1 aromatic carbocycles. The summed E-state index contributed by atoms with van der Waals surface area (Å²) in [7, 11) is -3.90. The fourth-order valence-electron chi connectivity index (χ4n) is 2.80. The summed E-state index contributed by atoms with van der Waals surface area (Å²) in [5.41, 5.74) is 1.60. The predicted molar refractivity (Wildman–Crippen MR) is 95.0 cm³/mol. The van der Waals surface area contributed by atoms with Gasteiger partial charge in [0.15, 0.2) is 14.6 Å². The number of cyclic esters (lactones) is 1. The molecule has 1 aromatic rings. The minimum Gasteiger partial charge on any atom is -0.480 e. The molecule has 2 unspecified atom stereocenters. The highest BCUT2D eigenvalue weighted by atomic mass is 32.2. The van der Waals surface area contributed by atoms with Crippen LogP contribution < -0.4 is 4.90 Å². The van der Waals surface area contributed by atoms with Crippen molar-refractivity contribution in [3.63, 3.8) is 0 Å². The van der Waals surface area contributed by atoms with Gasteiger partial charge in [-0.3, -0.25) is 9.69 Å². The molecule has 1 saturated heterocycles. The number of hydrogen-bond donors (Lipinski definition) is 2. The Kier molecular flexibility index (Phi) is 5.92. The molecule has 2 N–H and O–H groups in total. The average Bonchev–Trinajstić information content (AvgIpc) is 2.92. The fourth-order valence-corrected chi connectivity index (χ4v) is 3.60. The van der Waals surface area contributed by atoms with Gasteiger partial charge in [-0.25, -0.2) is 13.2 Å². The second-order valence-electron chi connectivity index (χ2n) is 6.62. The quantitative estimate of drug-likeness (QED) is 0.690. The van der Waals surface area contributed by atoms with Crippen molar-refractivity contribution in [2.45, 2.75) is 37.0 Å². The number of ether oxygens (including phenoxy) is 1. The van der Waals surface area contributed by atoms with Crippen molar-refractivity contribution >= 4 is 27.6 Å². The molecule has 2 atom stereocenters. The maximum atomic E-state index is 12.1. The van der Waals surface area contributed by atoms with Crippen LogP contribution in [0, 0.1) is 0 Å². The van der Waals surface area contributed by atoms with Crippen molar-refractivity contribution in [2.75, 3.05) is 24.3 Å². The number of carbonyl (C=O) groups is 2. The van der Waals surface area contributed by atoms with E-state index in [0.717, 1.165) is 25.2 Å². The highest BCUT2D eigenvalue weighted by Crippen LogP contribution is 2.30. The lowest BCUT2D eigenvalue weighted by molar-refractivity contribution is -0.140. The number of carboxylic acids is 1. The minimum absolute atomic E-state index is 0.0766. The van der Waals surface area contributed by atoms with E-state index in [1.165, 1.54) is 4.90 Å². The molecule has 26 heavy (non-hydrogen) atoms. The Morgan fingerprint density at radius 1 is 1.35 bits per heavy atom. The molecule has 144 valence electrons. The largest absolute Gasteiger partial charge is 0.480 e. The molecule has 8 nitrogen and oxygen atoms in total. The van der Waals surface area contributed by atoms with Crippen molar-refractivity contribution in [3.05, 3.63) is 29.8 Å². The zero-order chi connectivity index (χ0) is 19.5. The molecule has 1 aliphatic heterocycles. The first-order valence-electron chi connectivity index (χ1n) is 8.19. The monoisotopic (exact) mass is 385 g/mol. The van der Waals surface area contributed by atoms with Gasteiger partial charge in [0.2, 0.25) is 0 Å². The molecule has 1 amide bonds. The van der Waals surface area contributed by atoms with E-state index < -0.39 is 32.8 Å². The molecule has 1 heterocycles. The number of rotatable bonds is 8. The molecular weight excluding hydrogens is 362 g/mol. The molecule has 2 rings (SSSR count). The Morgan fingerprint density at radius 2 is 1.96 bits per heavy atom. The van der Waals surface area contributed by atoms with E-state index in [2.05, 4.69) is 0 Å². The van der Waals surface area contributed by atoms with Gasteiger partial charge in [-0.1, -0.05) is 12.1 Å². The molecule has 0 aliphatic carbocycles. The number of aryl methyl sites for hydroxylation is 1. The number of aliphatic carboxylic acids is 1. The molecule has 0 aromatic heterocycles. The highest BCUT2D eigenvalue weighted by molar-refractivity contribution is 7.92. The van der Waals surface area contributed by atoms with Gasteiger partial charge in [0.05, 0.1) is 6.54 Å². The van der Waals surface area contributed by atoms with Crippen LogP contribution in [0.25, 0.3) is 0 Å². The number of hydrogen-bond acceptors (Lipinski definition) is 6. The number of nitrogens with zero attached hydrogens (tertiary/aromatic N) is 1. The Hall–Kier alpha value is -2.13. The number of anilines is 1. The summed E-state index contributed by atoms with van der Waals surface area (Å²) in [6.07, 6.45) is 0.423. The molecule has 0 spiro atoms. The van der Waals surface area contributed by atoms with Crippen molar-refractivity contribution < 1.29 is 33.0 Å². The van der Waals surface area contributed by atoms with Gasteiger partial charge in [0.1, 0.15) is 6.10 Å².